The number of allylic oxidation sites excluding steroid dienone is 1. The zero-order valence-electron chi connectivity index (χ0n) is 29.8. The van der Waals surface area contributed by atoms with E-state index in [1.165, 1.54) is 11.1 Å². The van der Waals surface area contributed by atoms with Crippen molar-refractivity contribution in [3.63, 3.8) is 0 Å². The van der Waals surface area contributed by atoms with E-state index >= 15 is 0 Å². The molecule has 260 valence electrons. The van der Waals surface area contributed by atoms with Crippen LogP contribution in [-0.4, -0.2) is 11.4 Å². The summed E-state index contributed by atoms with van der Waals surface area (Å²) in [5, 5.41) is 18.0. The number of fused-ring (bicyclic) bond motifs is 6. The third-order valence-corrected chi connectivity index (χ3v) is 10.3. The first-order valence-electron chi connectivity index (χ1n) is 18.4. The van der Waals surface area contributed by atoms with Crippen LogP contribution in [-0.2, 0) is 0 Å². The second-order valence-electron chi connectivity index (χ2n) is 13.7. The number of para-hydroxylation sites is 2. The standard InChI is InChI=1S/C50H34N4O/c51-44-30-28-35-26-25-34-27-29-39(32-43(34)48(35)50(44)53-52-37-16-5-2-6-17-37)54(45-22-12-24-47-49(45)42-21-9-10-23-46(42)55-47)38-18-11-15-36(31-38)41-20-8-7-19-40(41)33-13-3-1-4-14-33/h1-32,51-52H/b51-44?,53-50+. The highest BCUT2D eigenvalue weighted by Gasteiger charge is 2.24. The van der Waals surface area contributed by atoms with Gasteiger partial charge in [0.1, 0.15) is 16.9 Å². The van der Waals surface area contributed by atoms with Gasteiger partial charge in [-0.25, -0.2) is 0 Å². The summed E-state index contributed by atoms with van der Waals surface area (Å²) >= 11 is 0. The fourth-order valence-corrected chi connectivity index (χ4v) is 7.79. The lowest BCUT2D eigenvalue weighted by Crippen LogP contribution is -2.19. The van der Waals surface area contributed by atoms with Crippen LogP contribution in [0.4, 0.5) is 22.7 Å². The van der Waals surface area contributed by atoms with E-state index in [0.717, 1.165) is 77.7 Å². The number of hydrazone groups is 1. The van der Waals surface area contributed by atoms with Crippen LogP contribution in [0.1, 0.15) is 11.1 Å². The van der Waals surface area contributed by atoms with Gasteiger partial charge in [0.25, 0.3) is 0 Å². The molecule has 0 radical (unpaired) electrons. The Morgan fingerprint density at radius 3 is 2.05 bits per heavy atom. The van der Waals surface area contributed by atoms with E-state index in [4.69, 9.17) is 14.9 Å². The van der Waals surface area contributed by atoms with Crippen LogP contribution in [0.2, 0.25) is 0 Å². The van der Waals surface area contributed by atoms with Gasteiger partial charge in [-0.2, -0.15) is 5.10 Å². The topological polar surface area (TPSA) is 64.6 Å². The number of nitrogens with zero attached hydrogens (tertiary/aromatic N) is 2. The van der Waals surface area contributed by atoms with Gasteiger partial charge in [0, 0.05) is 22.3 Å². The molecule has 55 heavy (non-hydrogen) atoms. The molecule has 0 aliphatic heterocycles. The molecular formula is C50H34N4O. The molecular weight excluding hydrogens is 673 g/mol. The Balaban J connectivity index is 1.20. The van der Waals surface area contributed by atoms with Gasteiger partial charge in [0.05, 0.1) is 22.5 Å². The quantitative estimate of drug-likeness (QED) is 0.162. The molecule has 0 unspecified atom stereocenters. The summed E-state index contributed by atoms with van der Waals surface area (Å²) in [6.45, 7) is 0. The third kappa shape index (κ3) is 5.75. The van der Waals surface area contributed by atoms with Crippen molar-refractivity contribution in [1.82, 2.24) is 0 Å². The number of benzene rings is 8. The van der Waals surface area contributed by atoms with E-state index in [1.807, 2.05) is 60.7 Å². The lowest BCUT2D eigenvalue weighted by Gasteiger charge is -2.28. The Kier molecular flexibility index (Phi) is 7.89. The molecule has 0 amide bonds. The van der Waals surface area contributed by atoms with Gasteiger partial charge in [0.2, 0.25) is 0 Å². The fourth-order valence-electron chi connectivity index (χ4n) is 7.79. The van der Waals surface area contributed by atoms with Crippen LogP contribution < -0.4 is 10.3 Å². The smallest absolute Gasteiger partial charge is 0.137 e. The molecule has 0 bridgehead atoms. The number of nitrogens with one attached hydrogen (secondary N) is 2. The third-order valence-electron chi connectivity index (χ3n) is 10.3. The molecule has 0 atom stereocenters. The van der Waals surface area contributed by atoms with Gasteiger partial charge in [0.15, 0.2) is 0 Å². The van der Waals surface area contributed by atoms with Crippen LogP contribution in [0.25, 0.3) is 61.0 Å². The highest BCUT2D eigenvalue weighted by molar-refractivity contribution is 6.55. The zero-order valence-corrected chi connectivity index (χ0v) is 29.8. The van der Waals surface area contributed by atoms with Crippen LogP contribution in [0, 0.1) is 5.41 Å². The maximum absolute atomic E-state index is 8.98. The van der Waals surface area contributed by atoms with E-state index in [2.05, 4.69) is 144 Å². The minimum absolute atomic E-state index is 0.352. The van der Waals surface area contributed by atoms with E-state index in [9.17, 15) is 0 Å². The van der Waals surface area contributed by atoms with Gasteiger partial charge in [-0.05, 0) is 99.3 Å². The molecule has 1 heterocycles. The zero-order chi connectivity index (χ0) is 36.7. The lowest BCUT2D eigenvalue weighted by atomic mass is 9.89. The first-order chi connectivity index (χ1) is 27.2. The average Bonchev–Trinajstić information content (AvgIpc) is 3.64. The van der Waals surface area contributed by atoms with E-state index < -0.39 is 0 Å². The molecule has 0 spiro atoms. The molecule has 10 rings (SSSR count). The fraction of sp³-hybridized carbons (Fsp3) is 0. The highest BCUT2D eigenvalue weighted by atomic mass is 16.3. The molecule has 0 saturated heterocycles. The summed E-state index contributed by atoms with van der Waals surface area (Å²) in [5.74, 6) is 0. The SMILES string of the molecule is N=C1C=Cc2ccc3ccc(N(c4cccc(-c5ccccc5-c5ccccc5)c4)c4cccc5oc6ccccc6c45)cc3c2/C1=N/Nc1ccccc1. The molecule has 1 aliphatic rings. The van der Waals surface area contributed by atoms with Gasteiger partial charge in [-0.3, -0.25) is 10.8 Å². The van der Waals surface area contributed by atoms with Crippen molar-refractivity contribution in [2.45, 2.75) is 0 Å². The Hall–Kier alpha value is -7.50. The van der Waals surface area contributed by atoms with Crippen LogP contribution in [0.3, 0.4) is 0 Å². The molecule has 9 aromatic rings. The maximum Gasteiger partial charge on any atom is 0.137 e. The molecule has 0 fully saturated rings. The molecule has 5 nitrogen and oxygen atoms in total. The maximum atomic E-state index is 8.98. The molecule has 8 aromatic carbocycles. The van der Waals surface area contributed by atoms with E-state index in [-0.39, 0.29) is 0 Å². The largest absolute Gasteiger partial charge is 0.456 e. The first-order valence-corrected chi connectivity index (χ1v) is 18.4. The van der Waals surface area contributed by atoms with Gasteiger partial charge < -0.3 is 9.32 Å². The highest BCUT2D eigenvalue weighted by Crippen LogP contribution is 2.45. The number of anilines is 4. The number of hydrogen-bond acceptors (Lipinski definition) is 5. The normalized spacial score (nSPS) is 13.1. The van der Waals surface area contributed by atoms with Gasteiger partial charge >= 0.3 is 0 Å². The summed E-state index contributed by atoms with van der Waals surface area (Å²) in [7, 11) is 0. The number of furan rings is 1. The second-order valence-corrected chi connectivity index (χ2v) is 13.7. The predicted molar refractivity (Wildman–Crippen MR) is 230 cm³/mol. The average molecular weight is 707 g/mol. The molecule has 1 aromatic heterocycles. The summed E-state index contributed by atoms with van der Waals surface area (Å²) in [4.78, 5) is 2.33. The Labute approximate surface area is 318 Å². The van der Waals surface area contributed by atoms with Crippen molar-refractivity contribution >= 4 is 73.0 Å². The second kappa shape index (κ2) is 13.5. The monoisotopic (exact) mass is 706 g/mol. The van der Waals surface area contributed by atoms with Crippen molar-refractivity contribution in [2.75, 3.05) is 10.3 Å². The summed E-state index contributed by atoms with van der Waals surface area (Å²) < 4.78 is 6.43. The van der Waals surface area contributed by atoms with Crippen LogP contribution >= 0.6 is 0 Å². The van der Waals surface area contributed by atoms with E-state index in [1.54, 1.807) is 0 Å². The van der Waals surface area contributed by atoms with Crippen LogP contribution in [0.5, 0.6) is 0 Å². The molecule has 2 N–H and O–H groups in total. The van der Waals surface area contributed by atoms with Gasteiger partial charge in [-0.1, -0.05) is 133 Å². The molecule has 1 aliphatic carbocycles. The van der Waals surface area contributed by atoms with Crippen molar-refractivity contribution in [3.8, 4) is 22.3 Å². The van der Waals surface area contributed by atoms with Crippen LogP contribution in [0.15, 0.2) is 198 Å². The number of rotatable bonds is 7. The summed E-state index contributed by atoms with van der Waals surface area (Å²) in [5.41, 5.74) is 16.2. The van der Waals surface area contributed by atoms with Crippen molar-refractivity contribution in [1.29, 1.82) is 5.41 Å². The van der Waals surface area contributed by atoms with Crippen molar-refractivity contribution in [2.24, 2.45) is 5.10 Å². The van der Waals surface area contributed by atoms with Crippen molar-refractivity contribution < 1.29 is 4.42 Å². The van der Waals surface area contributed by atoms with Crippen molar-refractivity contribution in [3.05, 3.63) is 199 Å². The molecule has 5 heteroatoms. The van der Waals surface area contributed by atoms with Gasteiger partial charge in [-0.15, -0.1) is 0 Å². The number of hydrogen-bond donors (Lipinski definition) is 2. The first kappa shape index (κ1) is 32.2. The van der Waals surface area contributed by atoms with E-state index in [0.29, 0.717) is 11.4 Å². The summed E-state index contributed by atoms with van der Waals surface area (Å²) in [6, 6.07) is 63.2. The Morgan fingerprint density at radius 1 is 0.527 bits per heavy atom. The predicted octanol–water partition coefficient (Wildman–Crippen LogP) is 13.4. The summed E-state index contributed by atoms with van der Waals surface area (Å²) in [6.07, 6.45) is 3.83. The Bertz CT molecular complexity index is 2980. The Morgan fingerprint density at radius 2 is 1.20 bits per heavy atom. The molecule has 0 saturated carbocycles. The lowest BCUT2D eigenvalue weighted by molar-refractivity contribution is 0.669. The minimum atomic E-state index is 0.352. The minimum Gasteiger partial charge on any atom is -0.456 e.